The van der Waals surface area contributed by atoms with Crippen LogP contribution in [0.2, 0.25) is 0 Å². The Balaban J connectivity index is 1.72. The average Bonchev–Trinajstić information content (AvgIpc) is 3.18. The molecule has 4 rings (SSSR count). The predicted octanol–water partition coefficient (Wildman–Crippen LogP) is 3.18. The van der Waals surface area contributed by atoms with Crippen molar-refractivity contribution in [2.24, 2.45) is 7.05 Å². The third kappa shape index (κ3) is 2.91. The normalized spacial score (nSPS) is 12.9. The standard InChI is InChI=1S/C18H17N5OS/c1-11-19-8-13(16(20-11)12-6-4-3-5-7-12)18(24)21-17-14-9-25-10-15(14)22-23(17)2/h3-8H,9-10H2,1-2H3,(H,21,24). The van der Waals surface area contributed by atoms with Gasteiger partial charge in [-0.25, -0.2) is 9.97 Å². The lowest BCUT2D eigenvalue weighted by Crippen LogP contribution is -2.17. The van der Waals surface area contributed by atoms with Gasteiger partial charge in [-0.2, -0.15) is 16.9 Å². The summed E-state index contributed by atoms with van der Waals surface area (Å²) in [6, 6.07) is 9.68. The molecule has 2 aromatic heterocycles. The minimum atomic E-state index is -0.221. The van der Waals surface area contributed by atoms with Crippen molar-refractivity contribution in [2.75, 3.05) is 5.32 Å². The number of benzene rings is 1. The van der Waals surface area contributed by atoms with E-state index in [4.69, 9.17) is 0 Å². The van der Waals surface area contributed by atoms with Crippen molar-refractivity contribution >= 4 is 23.5 Å². The number of thioether (sulfide) groups is 1. The molecule has 7 heteroatoms. The Bertz CT molecular complexity index is 952. The molecule has 0 aliphatic carbocycles. The smallest absolute Gasteiger partial charge is 0.260 e. The number of amides is 1. The molecule has 0 radical (unpaired) electrons. The third-order valence-electron chi connectivity index (χ3n) is 4.15. The fraction of sp³-hybridized carbons (Fsp3) is 0.222. The average molecular weight is 351 g/mol. The van der Waals surface area contributed by atoms with E-state index in [9.17, 15) is 4.79 Å². The Kier molecular flexibility index (Phi) is 4.01. The van der Waals surface area contributed by atoms with Crippen LogP contribution in [0.4, 0.5) is 5.82 Å². The summed E-state index contributed by atoms with van der Waals surface area (Å²) in [5.41, 5.74) is 4.14. The number of anilines is 1. The molecule has 0 atom stereocenters. The van der Waals surface area contributed by atoms with Crippen molar-refractivity contribution in [3.63, 3.8) is 0 Å². The molecule has 0 spiro atoms. The van der Waals surface area contributed by atoms with E-state index in [1.165, 1.54) is 0 Å². The van der Waals surface area contributed by atoms with Crippen LogP contribution in [0.25, 0.3) is 11.3 Å². The molecule has 126 valence electrons. The van der Waals surface area contributed by atoms with Crippen LogP contribution in [0.5, 0.6) is 0 Å². The first-order chi connectivity index (χ1) is 12.1. The molecule has 1 amide bonds. The van der Waals surface area contributed by atoms with Crippen molar-refractivity contribution in [1.29, 1.82) is 0 Å². The van der Waals surface area contributed by atoms with Crippen molar-refractivity contribution in [3.05, 3.63) is 59.2 Å². The van der Waals surface area contributed by atoms with E-state index in [2.05, 4.69) is 20.4 Å². The molecule has 1 N–H and O–H groups in total. The minimum absolute atomic E-state index is 0.221. The molecule has 0 saturated heterocycles. The van der Waals surface area contributed by atoms with Gasteiger partial charge in [0, 0.05) is 35.9 Å². The minimum Gasteiger partial charge on any atom is -0.306 e. The first-order valence-electron chi connectivity index (χ1n) is 7.96. The van der Waals surface area contributed by atoms with Gasteiger partial charge in [-0.15, -0.1) is 0 Å². The number of aromatic nitrogens is 4. The van der Waals surface area contributed by atoms with E-state index in [0.29, 0.717) is 17.1 Å². The summed E-state index contributed by atoms with van der Waals surface area (Å²) >= 11 is 1.81. The van der Waals surface area contributed by atoms with Crippen LogP contribution in [0.15, 0.2) is 36.5 Å². The quantitative estimate of drug-likeness (QED) is 0.784. The van der Waals surface area contributed by atoms with Crippen LogP contribution < -0.4 is 5.32 Å². The number of nitrogens with zero attached hydrogens (tertiary/aromatic N) is 4. The maximum absolute atomic E-state index is 12.9. The number of rotatable bonds is 3. The van der Waals surface area contributed by atoms with Crippen LogP contribution >= 0.6 is 11.8 Å². The summed E-state index contributed by atoms with van der Waals surface area (Å²) in [6.45, 7) is 1.82. The zero-order valence-corrected chi connectivity index (χ0v) is 14.8. The van der Waals surface area contributed by atoms with Crippen molar-refractivity contribution < 1.29 is 4.79 Å². The van der Waals surface area contributed by atoms with E-state index in [1.807, 2.05) is 44.3 Å². The van der Waals surface area contributed by atoms with Crippen LogP contribution in [-0.2, 0) is 18.6 Å². The maximum Gasteiger partial charge on any atom is 0.260 e. The number of hydrogen-bond acceptors (Lipinski definition) is 5. The Labute approximate surface area is 149 Å². The fourth-order valence-corrected chi connectivity index (χ4v) is 3.96. The van der Waals surface area contributed by atoms with E-state index in [0.717, 1.165) is 34.1 Å². The molecule has 0 unspecified atom stereocenters. The van der Waals surface area contributed by atoms with Gasteiger partial charge in [0.25, 0.3) is 5.91 Å². The van der Waals surface area contributed by atoms with Crippen LogP contribution in [0, 0.1) is 6.92 Å². The molecule has 0 saturated carbocycles. The molecule has 0 fully saturated rings. The Morgan fingerprint density at radius 2 is 2.04 bits per heavy atom. The van der Waals surface area contributed by atoms with E-state index in [1.54, 1.807) is 22.6 Å². The molecule has 1 aliphatic rings. The molecule has 6 nitrogen and oxygen atoms in total. The number of aryl methyl sites for hydroxylation is 2. The zero-order valence-electron chi connectivity index (χ0n) is 14.0. The molecule has 1 aliphatic heterocycles. The lowest BCUT2D eigenvalue weighted by Gasteiger charge is -2.11. The molecule has 0 bridgehead atoms. The van der Waals surface area contributed by atoms with Gasteiger partial charge in [-0.3, -0.25) is 9.48 Å². The van der Waals surface area contributed by atoms with Gasteiger partial charge >= 0.3 is 0 Å². The molecule has 3 heterocycles. The van der Waals surface area contributed by atoms with Gasteiger partial charge in [-0.1, -0.05) is 30.3 Å². The first-order valence-corrected chi connectivity index (χ1v) is 9.12. The van der Waals surface area contributed by atoms with Gasteiger partial charge in [-0.05, 0) is 6.92 Å². The highest BCUT2D eigenvalue weighted by molar-refractivity contribution is 7.98. The SMILES string of the molecule is Cc1ncc(C(=O)Nc2c3c(nn2C)CSC3)c(-c2ccccc2)n1. The van der Waals surface area contributed by atoms with Crippen molar-refractivity contribution in [3.8, 4) is 11.3 Å². The van der Waals surface area contributed by atoms with Crippen molar-refractivity contribution in [1.82, 2.24) is 19.7 Å². The molecule has 3 aromatic rings. The maximum atomic E-state index is 12.9. The van der Waals surface area contributed by atoms with E-state index in [-0.39, 0.29) is 5.91 Å². The molecule has 25 heavy (non-hydrogen) atoms. The van der Waals surface area contributed by atoms with Gasteiger partial charge in [0.05, 0.1) is 17.0 Å². The highest BCUT2D eigenvalue weighted by Gasteiger charge is 2.24. The highest BCUT2D eigenvalue weighted by Crippen LogP contribution is 2.34. The Morgan fingerprint density at radius 3 is 2.84 bits per heavy atom. The zero-order chi connectivity index (χ0) is 17.4. The van der Waals surface area contributed by atoms with Crippen molar-refractivity contribution in [2.45, 2.75) is 18.4 Å². The first kappa shape index (κ1) is 15.8. The van der Waals surface area contributed by atoms with Crippen LogP contribution in [-0.4, -0.2) is 25.7 Å². The number of fused-ring (bicyclic) bond motifs is 1. The third-order valence-corrected chi connectivity index (χ3v) is 5.12. The summed E-state index contributed by atoms with van der Waals surface area (Å²) in [4.78, 5) is 21.6. The summed E-state index contributed by atoms with van der Waals surface area (Å²) < 4.78 is 1.74. The monoisotopic (exact) mass is 351 g/mol. The van der Waals surface area contributed by atoms with Crippen LogP contribution in [0.3, 0.4) is 0 Å². The number of carbonyl (C=O) groups is 1. The second-order valence-electron chi connectivity index (χ2n) is 5.89. The van der Waals surface area contributed by atoms with Crippen LogP contribution in [0.1, 0.15) is 27.4 Å². The Morgan fingerprint density at radius 1 is 1.24 bits per heavy atom. The summed E-state index contributed by atoms with van der Waals surface area (Å²) in [5, 5.41) is 7.49. The number of carbonyl (C=O) groups excluding carboxylic acids is 1. The Hall–Kier alpha value is -2.67. The lowest BCUT2D eigenvalue weighted by molar-refractivity contribution is 0.102. The van der Waals surface area contributed by atoms with Gasteiger partial charge < -0.3 is 5.32 Å². The number of nitrogens with one attached hydrogen (secondary N) is 1. The van der Waals surface area contributed by atoms with Gasteiger partial charge in [0.2, 0.25) is 0 Å². The lowest BCUT2D eigenvalue weighted by atomic mass is 10.1. The largest absolute Gasteiger partial charge is 0.306 e. The molecular formula is C18H17N5OS. The van der Waals surface area contributed by atoms with Gasteiger partial charge in [0.15, 0.2) is 0 Å². The topological polar surface area (TPSA) is 72.7 Å². The molecular weight excluding hydrogens is 334 g/mol. The summed E-state index contributed by atoms with van der Waals surface area (Å²) in [5.74, 6) is 2.93. The fourth-order valence-electron chi connectivity index (χ4n) is 2.92. The summed E-state index contributed by atoms with van der Waals surface area (Å²) in [7, 11) is 1.85. The van der Waals surface area contributed by atoms with Gasteiger partial charge in [0.1, 0.15) is 11.6 Å². The number of hydrogen-bond donors (Lipinski definition) is 1. The second kappa shape index (κ2) is 6.33. The highest BCUT2D eigenvalue weighted by atomic mass is 32.2. The predicted molar refractivity (Wildman–Crippen MR) is 98.4 cm³/mol. The van der Waals surface area contributed by atoms with E-state index < -0.39 is 0 Å². The summed E-state index contributed by atoms with van der Waals surface area (Å²) in [6.07, 6.45) is 1.59. The molecule has 1 aromatic carbocycles. The second-order valence-corrected chi connectivity index (χ2v) is 6.88. The van der Waals surface area contributed by atoms with E-state index >= 15 is 0 Å².